The summed E-state index contributed by atoms with van der Waals surface area (Å²) in [7, 11) is 0. The van der Waals surface area contributed by atoms with Gasteiger partial charge in [0, 0.05) is 0 Å². The molecule has 12 heteroatoms. The molecule has 164 valence electrons. The number of ether oxygens (including phenoxy) is 6. The van der Waals surface area contributed by atoms with Crippen molar-refractivity contribution in [1.29, 1.82) is 0 Å². The number of halogens is 6. The molecule has 3 fully saturated rings. The average Bonchev–Trinajstić information content (AvgIpc) is 3.08. The number of fused-ring (bicyclic) bond motifs is 1. The van der Waals surface area contributed by atoms with Gasteiger partial charge in [0.15, 0.2) is 17.9 Å². The van der Waals surface area contributed by atoms with E-state index in [9.17, 15) is 26.3 Å². The Morgan fingerprint density at radius 2 is 1.32 bits per heavy atom. The molecule has 28 heavy (non-hydrogen) atoms. The number of hydrogen-bond donors (Lipinski definition) is 0. The molecule has 5 atom stereocenters. The second-order valence-electron chi connectivity index (χ2n) is 8.05. The summed E-state index contributed by atoms with van der Waals surface area (Å²) in [6, 6.07) is 0. The van der Waals surface area contributed by atoms with Crippen molar-refractivity contribution < 1.29 is 54.8 Å². The minimum Gasteiger partial charge on any atom is -0.348 e. The van der Waals surface area contributed by atoms with Crippen LogP contribution in [0, 0.1) is 0 Å². The molecule has 0 aromatic carbocycles. The van der Waals surface area contributed by atoms with Crippen molar-refractivity contribution in [2.75, 3.05) is 6.61 Å². The summed E-state index contributed by atoms with van der Waals surface area (Å²) in [5, 5.41) is 0. The minimum atomic E-state index is -5.73. The first-order valence-corrected chi connectivity index (χ1v) is 8.60. The standard InChI is InChI=1S/C16H22F6O6/c1-12(2)23-6-7(25-12)8-9-10(27-13(3,4)26-9)11(24-8)28-14(5,15(17,18)19)16(20,21)22/h7-11H,6H2,1-5H3/t7-,8-,9+,10+,11+/m1/s1. The molecule has 0 amide bonds. The zero-order valence-electron chi connectivity index (χ0n) is 15.8. The first kappa shape index (κ1) is 22.0. The third-order valence-corrected chi connectivity index (χ3v) is 4.88. The van der Waals surface area contributed by atoms with Crippen molar-refractivity contribution in [3.05, 3.63) is 0 Å². The summed E-state index contributed by atoms with van der Waals surface area (Å²) in [5.74, 6) is -2.23. The lowest BCUT2D eigenvalue weighted by Crippen LogP contribution is -2.59. The maximum Gasteiger partial charge on any atom is 0.426 e. The van der Waals surface area contributed by atoms with Gasteiger partial charge in [-0.2, -0.15) is 26.3 Å². The molecule has 0 N–H and O–H groups in total. The zero-order chi connectivity index (χ0) is 21.3. The highest BCUT2D eigenvalue weighted by molar-refractivity contribution is 5.02. The van der Waals surface area contributed by atoms with E-state index in [1.807, 2.05) is 0 Å². The lowest BCUT2D eigenvalue weighted by atomic mass is 10.0. The minimum absolute atomic E-state index is 0.0210. The second-order valence-corrected chi connectivity index (χ2v) is 8.05. The van der Waals surface area contributed by atoms with E-state index in [4.69, 9.17) is 23.7 Å². The molecular weight excluding hydrogens is 402 g/mol. The Bertz CT molecular complexity index is 589. The van der Waals surface area contributed by atoms with Gasteiger partial charge in [0.2, 0.25) is 0 Å². The number of hydrogen-bond acceptors (Lipinski definition) is 6. The highest BCUT2D eigenvalue weighted by Gasteiger charge is 2.72. The smallest absolute Gasteiger partial charge is 0.348 e. The Hall–Kier alpha value is -0.660. The van der Waals surface area contributed by atoms with Crippen LogP contribution in [-0.4, -0.2) is 66.8 Å². The van der Waals surface area contributed by atoms with Gasteiger partial charge in [-0.1, -0.05) is 0 Å². The second kappa shape index (κ2) is 6.42. The third-order valence-electron chi connectivity index (χ3n) is 4.88. The Kier molecular flexibility index (Phi) is 5.05. The first-order chi connectivity index (χ1) is 12.5. The van der Waals surface area contributed by atoms with Crippen molar-refractivity contribution in [3.8, 4) is 0 Å². The highest BCUT2D eigenvalue weighted by atomic mass is 19.4. The maximum absolute atomic E-state index is 13.2. The molecule has 6 nitrogen and oxygen atoms in total. The Labute approximate surface area is 157 Å². The van der Waals surface area contributed by atoms with Crippen LogP contribution in [0.2, 0.25) is 0 Å². The van der Waals surface area contributed by atoms with Gasteiger partial charge in [0.25, 0.3) is 5.60 Å². The number of rotatable bonds is 3. The van der Waals surface area contributed by atoms with Gasteiger partial charge in [0.05, 0.1) is 6.61 Å². The molecule has 3 aliphatic rings. The summed E-state index contributed by atoms with van der Waals surface area (Å²) < 4.78 is 112. The van der Waals surface area contributed by atoms with Crippen LogP contribution in [0.3, 0.4) is 0 Å². The predicted molar refractivity (Wildman–Crippen MR) is 79.0 cm³/mol. The van der Waals surface area contributed by atoms with Crippen LogP contribution in [0.4, 0.5) is 26.3 Å². The number of alkyl halides is 6. The highest BCUT2D eigenvalue weighted by Crippen LogP contribution is 2.50. The largest absolute Gasteiger partial charge is 0.426 e. The van der Waals surface area contributed by atoms with E-state index in [2.05, 4.69) is 4.74 Å². The van der Waals surface area contributed by atoms with E-state index in [0.29, 0.717) is 0 Å². The van der Waals surface area contributed by atoms with Gasteiger partial charge in [-0.15, -0.1) is 0 Å². The summed E-state index contributed by atoms with van der Waals surface area (Å²) >= 11 is 0. The van der Waals surface area contributed by atoms with Crippen LogP contribution in [0.15, 0.2) is 0 Å². The normalized spacial score (nSPS) is 38.0. The summed E-state index contributed by atoms with van der Waals surface area (Å²) in [4.78, 5) is 0. The van der Waals surface area contributed by atoms with Crippen molar-refractivity contribution >= 4 is 0 Å². The molecule has 0 bridgehead atoms. The van der Waals surface area contributed by atoms with Gasteiger partial charge in [0.1, 0.15) is 24.4 Å². The van der Waals surface area contributed by atoms with E-state index in [0.717, 1.165) is 0 Å². The first-order valence-electron chi connectivity index (χ1n) is 8.60. The Balaban J connectivity index is 1.87. The third kappa shape index (κ3) is 3.74. The Morgan fingerprint density at radius 1 is 0.786 bits per heavy atom. The SMILES string of the molecule is CC1(C)O[C@@H]2[C@H](O1)[C@H](OC(C)(C(F)(F)F)C(F)(F)F)O[C@@H]2[C@H]1COC(C)(C)O1. The maximum atomic E-state index is 13.2. The summed E-state index contributed by atoms with van der Waals surface area (Å²) in [5.41, 5.74) is -4.45. The monoisotopic (exact) mass is 424 g/mol. The van der Waals surface area contributed by atoms with Gasteiger partial charge in [-0.05, 0) is 34.6 Å². The van der Waals surface area contributed by atoms with E-state index < -0.39 is 60.2 Å². The van der Waals surface area contributed by atoms with Gasteiger partial charge in [-0.25, -0.2) is 0 Å². The zero-order valence-corrected chi connectivity index (χ0v) is 15.8. The topological polar surface area (TPSA) is 55.4 Å². The molecule has 0 aromatic heterocycles. The summed E-state index contributed by atoms with van der Waals surface area (Å²) in [6.07, 6.45) is -17.6. The van der Waals surface area contributed by atoms with Crippen molar-refractivity contribution in [1.82, 2.24) is 0 Å². The van der Waals surface area contributed by atoms with Crippen molar-refractivity contribution in [3.63, 3.8) is 0 Å². The van der Waals surface area contributed by atoms with Gasteiger partial charge >= 0.3 is 12.4 Å². The Morgan fingerprint density at radius 3 is 1.79 bits per heavy atom. The quantitative estimate of drug-likeness (QED) is 0.649. The van der Waals surface area contributed by atoms with Crippen molar-refractivity contribution in [2.45, 2.75) is 94.9 Å². The lowest BCUT2D eigenvalue weighted by Gasteiger charge is -2.36. The van der Waals surface area contributed by atoms with Gasteiger partial charge in [-0.3, -0.25) is 0 Å². The molecule has 3 aliphatic heterocycles. The fourth-order valence-corrected chi connectivity index (χ4v) is 3.39. The van der Waals surface area contributed by atoms with E-state index in [-0.39, 0.29) is 13.5 Å². The molecule has 0 aliphatic carbocycles. The van der Waals surface area contributed by atoms with Crippen LogP contribution in [0.25, 0.3) is 0 Å². The van der Waals surface area contributed by atoms with Gasteiger partial charge < -0.3 is 28.4 Å². The molecular formula is C16H22F6O6. The van der Waals surface area contributed by atoms with E-state index in [1.54, 1.807) is 13.8 Å². The molecule has 3 rings (SSSR count). The fraction of sp³-hybridized carbons (Fsp3) is 1.00. The van der Waals surface area contributed by atoms with E-state index in [1.165, 1.54) is 13.8 Å². The van der Waals surface area contributed by atoms with Crippen molar-refractivity contribution in [2.24, 2.45) is 0 Å². The van der Waals surface area contributed by atoms with Crippen LogP contribution < -0.4 is 0 Å². The molecule has 3 saturated heterocycles. The summed E-state index contributed by atoms with van der Waals surface area (Å²) in [6.45, 7) is 6.15. The predicted octanol–water partition coefficient (Wildman–Crippen LogP) is 3.28. The molecule has 0 unspecified atom stereocenters. The van der Waals surface area contributed by atoms with Crippen LogP contribution in [0.1, 0.15) is 34.6 Å². The fourth-order valence-electron chi connectivity index (χ4n) is 3.39. The molecule has 0 spiro atoms. The van der Waals surface area contributed by atoms with Crippen LogP contribution in [0.5, 0.6) is 0 Å². The van der Waals surface area contributed by atoms with Crippen LogP contribution in [-0.2, 0) is 28.4 Å². The van der Waals surface area contributed by atoms with Crippen LogP contribution >= 0.6 is 0 Å². The van der Waals surface area contributed by atoms with E-state index >= 15 is 0 Å². The lowest BCUT2D eigenvalue weighted by molar-refractivity contribution is -0.408. The molecule has 0 saturated carbocycles. The molecule has 0 radical (unpaired) electrons. The average molecular weight is 424 g/mol. The molecule has 3 heterocycles. The molecule has 0 aromatic rings.